The Labute approximate surface area is 175 Å². The summed E-state index contributed by atoms with van der Waals surface area (Å²) < 4.78 is 10.5. The van der Waals surface area contributed by atoms with Crippen molar-refractivity contribution in [3.63, 3.8) is 0 Å². The summed E-state index contributed by atoms with van der Waals surface area (Å²) in [6, 6.07) is 6.53. The van der Waals surface area contributed by atoms with Gasteiger partial charge < -0.3 is 20.5 Å². The van der Waals surface area contributed by atoms with Crippen molar-refractivity contribution in [1.29, 1.82) is 0 Å². The van der Waals surface area contributed by atoms with E-state index in [1.807, 2.05) is 31.2 Å². The second-order valence-electron chi connectivity index (χ2n) is 7.57. The summed E-state index contributed by atoms with van der Waals surface area (Å²) in [5.74, 6) is -0.972. The largest absolute Gasteiger partial charge is 0.459 e. The fourth-order valence-corrected chi connectivity index (χ4v) is 2.26. The van der Waals surface area contributed by atoms with E-state index >= 15 is 0 Å². The van der Waals surface area contributed by atoms with Crippen molar-refractivity contribution < 1.29 is 24.1 Å². The van der Waals surface area contributed by atoms with Crippen LogP contribution in [-0.2, 0) is 20.9 Å². The third-order valence-electron chi connectivity index (χ3n) is 3.62. The highest BCUT2D eigenvalue weighted by atomic mass is 16.7. The molecule has 0 heterocycles. The highest BCUT2D eigenvalue weighted by Gasteiger charge is 2.25. The molecule has 0 unspecified atom stereocenters. The summed E-state index contributed by atoms with van der Waals surface area (Å²) >= 11 is 0. The second-order valence-corrected chi connectivity index (χ2v) is 7.57. The minimum absolute atomic E-state index is 0.0590. The molecular formula is C19H29N5O6. The molecule has 1 atom stereocenters. The molecule has 1 amide bonds. The highest BCUT2D eigenvalue weighted by Crippen LogP contribution is 2.10. The zero-order valence-corrected chi connectivity index (χ0v) is 17.6. The van der Waals surface area contributed by atoms with Crippen LogP contribution in [0.5, 0.6) is 0 Å². The van der Waals surface area contributed by atoms with Crippen molar-refractivity contribution in [3.8, 4) is 0 Å². The van der Waals surface area contributed by atoms with Gasteiger partial charge in [-0.3, -0.25) is 0 Å². The van der Waals surface area contributed by atoms with E-state index in [4.69, 9.17) is 15.2 Å². The number of amides is 1. The van der Waals surface area contributed by atoms with Crippen LogP contribution in [0.1, 0.15) is 44.7 Å². The lowest BCUT2D eigenvalue weighted by Gasteiger charge is -2.23. The number of guanidine groups is 1. The minimum atomic E-state index is -0.967. The van der Waals surface area contributed by atoms with E-state index in [0.717, 1.165) is 11.1 Å². The molecule has 0 aromatic heterocycles. The monoisotopic (exact) mass is 423 g/mol. The maximum absolute atomic E-state index is 12.5. The number of nitrogens with zero attached hydrogens (tertiary/aromatic N) is 2. The zero-order valence-electron chi connectivity index (χ0n) is 17.6. The quantitative estimate of drug-likeness (QED) is 0.135. The average molecular weight is 423 g/mol. The SMILES string of the molecule is Cc1ccc(COC(=O)[C@H](CCCN=C(N)N[N+](=O)[O-])NC(=O)OC(C)(C)C)cc1. The van der Waals surface area contributed by atoms with Crippen LogP contribution in [-0.4, -0.2) is 41.2 Å². The van der Waals surface area contributed by atoms with Gasteiger partial charge in [0.25, 0.3) is 5.96 Å². The number of hydrogen-bond acceptors (Lipinski definition) is 7. The van der Waals surface area contributed by atoms with E-state index in [0.29, 0.717) is 6.42 Å². The number of alkyl carbamates (subject to hydrolysis) is 1. The van der Waals surface area contributed by atoms with Gasteiger partial charge in [-0.25, -0.2) is 24.7 Å². The molecule has 0 bridgehead atoms. The van der Waals surface area contributed by atoms with Gasteiger partial charge >= 0.3 is 12.1 Å². The third kappa shape index (κ3) is 10.8. The fourth-order valence-electron chi connectivity index (χ4n) is 2.26. The topological polar surface area (TPSA) is 158 Å². The second kappa shape index (κ2) is 11.6. The molecule has 0 saturated carbocycles. The van der Waals surface area contributed by atoms with E-state index in [9.17, 15) is 19.7 Å². The lowest BCUT2D eigenvalue weighted by molar-refractivity contribution is -0.525. The number of ether oxygens (including phenoxy) is 2. The van der Waals surface area contributed by atoms with E-state index in [1.54, 1.807) is 26.2 Å². The highest BCUT2D eigenvalue weighted by molar-refractivity contribution is 5.81. The molecule has 0 aliphatic heterocycles. The molecule has 0 saturated heterocycles. The van der Waals surface area contributed by atoms with Crippen molar-refractivity contribution in [3.05, 3.63) is 45.5 Å². The molecule has 11 heteroatoms. The Morgan fingerprint density at radius 3 is 2.47 bits per heavy atom. The molecule has 0 spiro atoms. The lowest BCUT2D eigenvalue weighted by Crippen LogP contribution is -2.44. The van der Waals surface area contributed by atoms with Crippen LogP contribution in [0.15, 0.2) is 29.3 Å². The van der Waals surface area contributed by atoms with Gasteiger partial charge in [0, 0.05) is 6.54 Å². The van der Waals surface area contributed by atoms with Crippen LogP contribution >= 0.6 is 0 Å². The number of carbonyl (C=O) groups excluding carboxylic acids is 2. The van der Waals surface area contributed by atoms with Gasteiger partial charge in [-0.1, -0.05) is 35.3 Å². The number of nitrogens with one attached hydrogen (secondary N) is 2. The maximum Gasteiger partial charge on any atom is 0.408 e. The first-order valence-corrected chi connectivity index (χ1v) is 9.39. The Balaban J connectivity index is 2.68. The summed E-state index contributed by atoms with van der Waals surface area (Å²) in [6.45, 7) is 7.24. The number of aryl methyl sites for hydroxylation is 1. The number of esters is 1. The lowest BCUT2D eigenvalue weighted by atomic mass is 10.1. The number of hydrogen-bond donors (Lipinski definition) is 3. The molecule has 11 nitrogen and oxygen atoms in total. The summed E-state index contributed by atoms with van der Waals surface area (Å²) in [5.41, 5.74) is 8.23. The predicted octanol–water partition coefficient (Wildman–Crippen LogP) is 1.81. The number of nitro groups is 1. The molecule has 1 aromatic rings. The van der Waals surface area contributed by atoms with Gasteiger partial charge in [0.05, 0.1) is 0 Å². The summed E-state index contributed by atoms with van der Waals surface area (Å²) in [7, 11) is 0. The van der Waals surface area contributed by atoms with Crippen molar-refractivity contribution in [2.45, 2.75) is 58.8 Å². The standard InChI is InChI=1S/C19H29N5O6/c1-13-7-9-14(10-8-13)12-29-16(25)15(22-18(26)30-19(2,3)4)6-5-11-21-17(20)23-24(27)28/h7-10,15H,5-6,11-12H2,1-4H3,(H,22,26)(H3,20,21,23)/t15-/m0/s1. The van der Waals surface area contributed by atoms with Crippen LogP contribution in [0.2, 0.25) is 0 Å². The number of benzene rings is 1. The molecule has 0 radical (unpaired) electrons. The normalized spacial score (nSPS) is 12.6. The number of aliphatic imine (C=N–C) groups is 1. The molecule has 30 heavy (non-hydrogen) atoms. The Bertz CT molecular complexity index is 758. The molecule has 0 aliphatic carbocycles. The summed E-state index contributed by atoms with van der Waals surface area (Å²) in [4.78, 5) is 38.7. The number of hydrazine groups is 1. The zero-order chi connectivity index (χ0) is 22.7. The van der Waals surface area contributed by atoms with Crippen LogP contribution in [0, 0.1) is 17.0 Å². The Morgan fingerprint density at radius 1 is 1.27 bits per heavy atom. The summed E-state index contributed by atoms with van der Waals surface area (Å²) in [6.07, 6.45) is -0.251. The van der Waals surface area contributed by atoms with Gasteiger partial charge in [0.15, 0.2) is 5.03 Å². The number of carbonyl (C=O) groups is 2. The maximum atomic E-state index is 12.5. The van der Waals surface area contributed by atoms with E-state index in [-0.39, 0.29) is 25.5 Å². The summed E-state index contributed by atoms with van der Waals surface area (Å²) in [5, 5.41) is 12.0. The first-order chi connectivity index (χ1) is 14.0. The number of nitrogens with two attached hydrogens (primary N) is 1. The van der Waals surface area contributed by atoms with Crippen molar-refractivity contribution in [2.75, 3.05) is 6.54 Å². The molecule has 1 rings (SSSR count). The Hall–Kier alpha value is -3.37. The van der Waals surface area contributed by atoms with E-state index in [1.165, 1.54) is 0 Å². The molecule has 1 aromatic carbocycles. The van der Waals surface area contributed by atoms with Gasteiger partial charge in [-0.15, -0.1) is 0 Å². The average Bonchev–Trinajstić information content (AvgIpc) is 2.61. The molecule has 166 valence electrons. The Kier molecular flexibility index (Phi) is 9.53. The first-order valence-electron chi connectivity index (χ1n) is 9.39. The molecular weight excluding hydrogens is 394 g/mol. The van der Waals surface area contributed by atoms with E-state index in [2.05, 4.69) is 10.3 Å². The van der Waals surface area contributed by atoms with Gasteiger partial charge in [-0.2, -0.15) is 0 Å². The number of rotatable bonds is 9. The van der Waals surface area contributed by atoms with Gasteiger partial charge in [-0.05, 0) is 46.1 Å². The van der Waals surface area contributed by atoms with Crippen LogP contribution in [0.4, 0.5) is 4.79 Å². The first kappa shape index (κ1) is 24.7. The smallest absolute Gasteiger partial charge is 0.408 e. The minimum Gasteiger partial charge on any atom is -0.459 e. The van der Waals surface area contributed by atoms with E-state index < -0.39 is 28.7 Å². The Morgan fingerprint density at radius 2 is 1.90 bits per heavy atom. The van der Waals surface area contributed by atoms with Gasteiger partial charge in [0.1, 0.15) is 18.2 Å². The molecule has 0 aliphatic rings. The van der Waals surface area contributed by atoms with Gasteiger partial charge in [0.2, 0.25) is 0 Å². The van der Waals surface area contributed by atoms with Crippen molar-refractivity contribution in [1.82, 2.24) is 10.7 Å². The molecule has 4 N–H and O–H groups in total. The predicted molar refractivity (Wildman–Crippen MR) is 110 cm³/mol. The third-order valence-corrected chi connectivity index (χ3v) is 3.62. The van der Waals surface area contributed by atoms with Crippen LogP contribution in [0.3, 0.4) is 0 Å². The fraction of sp³-hybridized carbons (Fsp3) is 0.526. The van der Waals surface area contributed by atoms with Crippen molar-refractivity contribution in [2.24, 2.45) is 10.7 Å². The van der Waals surface area contributed by atoms with Crippen LogP contribution < -0.4 is 16.5 Å². The van der Waals surface area contributed by atoms with Crippen molar-refractivity contribution >= 4 is 18.0 Å². The molecule has 0 fully saturated rings. The van der Waals surface area contributed by atoms with Crippen LogP contribution in [0.25, 0.3) is 0 Å².